The molecule has 0 saturated carbocycles. The molecule has 0 aliphatic carbocycles. The van der Waals surface area contributed by atoms with Crippen molar-refractivity contribution in [3.05, 3.63) is 95.6 Å². The Bertz CT molecular complexity index is 1400. The molecule has 1 heterocycles. The summed E-state index contributed by atoms with van der Waals surface area (Å²) < 4.78 is 40.1. The van der Waals surface area contributed by atoms with Gasteiger partial charge in [0.15, 0.2) is 0 Å². The highest BCUT2D eigenvalue weighted by Gasteiger charge is 2.44. The van der Waals surface area contributed by atoms with E-state index in [2.05, 4.69) is 56.5 Å². The molecule has 8 nitrogen and oxygen atoms in total. The van der Waals surface area contributed by atoms with Crippen molar-refractivity contribution in [2.75, 3.05) is 27.4 Å². The van der Waals surface area contributed by atoms with E-state index >= 15 is 0 Å². The van der Waals surface area contributed by atoms with Crippen molar-refractivity contribution in [1.82, 2.24) is 4.67 Å². The molecule has 4 atom stereocenters. The Hall–Kier alpha value is -3.46. The highest BCUT2D eigenvalue weighted by molar-refractivity contribution is 7.44. The Labute approximate surface area is 281 Å². The van der Waals surface area contributed by atoms with Gasteiger partial charge in [-0.05, 0) is 68.7 Å². The van der Waals surface area contributed by atoms with Crippen LogP contribution in [0.15, 0.2) is 78.9 Å². The lowest BCUT2D eigenvalue weighted by molar-refractivity contribution is -0.0793. The summed E-state index contributed by atoms with van der Waals surface area (Å²) in [5, 5.41) is 9.20. The van der Waals surface area contributed by atoms with Gasteiger partial charge < -0.3 is 28.0 Å². The summed E-state index contributed by atoms with van der Waals surface area (Å²) in [7, 11) is 1.81. The Morgan fingerprint density at radius 2 is 1.45 bits per heavy atom. The van der Waals surface area contributed by atoms with Crippen LogP contribution in [-0.2, 0) is 24.1 Å². The van der Waals surface area contributed by atoms with E-state index in [0.29, 0.717) is 12.8 Å². The zero-order chi connectivity index (χ0) is 33.8. The molecule has 1 aliphatic rings. The molecule has 3 aromatic carbocycles. The van der Waals surface area contributed by atoms with Crippen molar-refractivity contribution in [3.8, 4) is 29.9 Å². The van der Waals surface area contributed by atoms with E-state index in [1.807, 2.05) is 66.7 Å². The minimum Gasteiger partial charge on any atom is -0.497 e. The highest BCUT2D eigenvalue weighted by Crippen LogP contribution is 2.50. The van der Waals surface area contributed by atoms with E-state index in [-0.39, 0.29) is 43.9 Å². The number of hydrogen-bond acceptors (Lipinski definition) is 8. The van der Waals surface area contributed by atoms with E-state index in [1.54, 1.807) is 14.2 Å². The van der Waals surface area contributed by atoms with Gasteiger partial charge in [-0.2, -0.15) is 5.26 Å². The molecule has 0 amide bonds. The number of ether oxygens (including phenoxy) is 4. The Morgan fingerprint density at radius 1 is 0.894 bits per heavy atom. The van der Waals surface area contributed by atoms with Crippen molar-refractivity contribution >= 4 is 8.53 Å². The smallest absolute Gasteiger partial charge is 0.259 e. The molecule has 4 rings (SSSR count). The standard InChI is InChI=1S/C38H47N2O6P/c1-8-13-35-26-36(46-47(44-25-12-24-39)40(28(2)3)29(4)5)37(45-35)27-43-38(30-14-10-9-11-15-30,31-16-20-33(41-6)21-17-31)32-18-22-34(42-7)23-19-32/h1,9-11,14-23,28-29,35-37H,12-13,25-27H2,2-7H3/t35-,36-,37+,47?/m0/s1. The average molecular weight is 659 g/mol. The fourth-order valence-electron chi connectivity index (χ4n) is 6.01. The van der Waals surface area contributed by atoms with Gasteiger partial charge in [-0.1, -0.05) is 54.6 Å². The van der Waals surface area contributed by atoms with Gasteiger partial charge in [-0.3, -0.25) is 0 Å². The van der Waals surface area contributed by atoms with Crippen LogP contribution in [-0.4, -0.2) is 62.5 Å². The summed E-state index contributed by atoms with van der Waals surface area (Å²) in [4.78, 5) is 0. The maximum Gasteiger partial charge on any atom is 0.259 e. The van der Waals surface area contributed by atoms with E-state index in [1.165, 1.54) is 0 Å². The monoisotopic (exact) mass is 658 g/mol. The summed E-state index contributed by atoms with van der Waals surface area (Å²) in [6, 6.07) is 28.6. The number of nitrogens with zero attached hydrogens (tertiary/aromatic N) is 2. The van der Waals surface area contributed by atoms with Crippen molar-refractivity contribution in [3.63, 3.8) is 0 Å². The van der Waals surface area contributed by atoms with Gasteiger partial charge in [0.25, 0.3) is 8.53 Å². The van der Waals surface area contributed by atoms with E-state index < -0.39 is 20.2 Å². The molecular formula is C38H47N2O6P. The third kappa shape index (κ3) is 8.92. The predicted octanol–water partition coefficient (Wildman–Crippen LogP) is 7.85. The van der Waals surface area contributed by atoms with Gasteiger partial charge in [0.1, 0.15) is 23.2 Å². The maximum atomic E-state index is 9.20. The van der Waals surface area contributed by atoms with Crippen LogP contribution in [0.25, 0.3) is 0 Å². The van der Waals surface area contributed by atoms with Crippen molar-refractivity contribution in [2.24, 2.45) is 0 Å². The molecule has 0 bridgehead atoms. The topological polar surface area (TPSA) is 82.4 Å². The Morgan fingerprint density at radius 3 is 1.94 bits per heavy atom. The molecule has 47 heavy (non-hydrogen) atoms. The molecule has 1 unspecified atom stereocenters. The minimum absolute atomic E-state index is 0.164. The highest BCUT2D eigenvalue weighted by atomic mass is 31.2. The number of terminal acetylenes is 1. The summed E-state index contributed by atoms with van der Waals surface area (Å²) in [6.45, 7) is 8.98. The van der Waals surface area contributed by atoms with E-state index in [0.717, 1.165) is 28.2 Å². The molecule has 0 radical (unpaired) electrons. The molecule has 250 valence electrons. The van der Waals surface area contributed by atoms with Crippen LogP contribution < -0.4 is 9.47 Å². The first-order valence-electron chi connectivity index (χ1n) is 16.1. The van der Waals surface area contributed by atoms with E-state index in [4.69, 9.17) is 34.4 Å². The van der Waals surface area contributed by atoms with Gasteiger partial charge in [-0.15, -0.1) is 12.3 Å². The molecule has 1 fully saturated rings. The van der Waals surface area contributed by atoms with Crippen LogP contribution in [0, 0.1) is 23.7 Å². The van der Waals surface area contributed by atoms with Crippen LogP contribution in [0.1, 0.15) is 63.6 Å². The normalized spacial score (nSPS) is 18.7. The zero-order valence-corrected chi connectivity index (χ0v) is 29.2. The van der Waals surface area contributed by atoms with Crippen LogP contribution in [0.3, 0.4) is 0 Å². The van der Waals surface area contributed by atoms with Crippen molar-refractivity contribution in [1.29, 1.82) is 5.26 Å². The largest absolute Gasteiger partial charge is 0.497 e. The van der Waals surface area contributed by atoms with Crippen LogP contribution in [0.5, 0.6) is 11.5 Å². The molecule has 1 saturated heterocycles. The second kappa shape index (κ2) is 17.6. The van der Waals surface area contributed by atoms with Gasteiger partial charge in [-0.25, -0.2) is 4.67 Å². The van der Waals surface area contributed by atoms with Crippen molar-refractivity contribution < 1.29 is 28.0 Å². The molecule has 3 aromatic rings. The quantitative estimate of drug-likeness (QED) is 0.0628. The third-order valence-electron chi connectivity index (χ3n) is 8.15. The average Bonchev–Trinajstić information content (AvgIpc) is 3.46. The summed E-state index contributed by atoms with van der Waals surface area (Å²) in [6.07, 6.45) is 6.13. The number of methoxy groups -OCH3 is 2. The van der Waals surface area contributed by atoms with Crippen LogP contribution in [0.2, 0.25) is 0 Å². The molecule has 0 spiro atoms. The SMILES string of the molecule is C#CC[C@H]1C[C@H](OP(OCCC#N)N(C(C)C)C(C)C)[C@@H](COC(c2ccccc2)(c2ccc(OC)cc2)c2ccc(OC)cc2)O1. The third-order valence-corrected chi connectivity index (χ3v) is 10.3. The van der Waals surface area contributed by atoms with Crippen LogP contribution in [0.4, 0.5) is 0 Å². The summed E-state index contributed by atoms with van der Waals surface area (Å²) in [5.74, 6) is 4.26. The molecule has 0 aromatic heterocycles. The van der Waals surface area contributed by atoms with Gasteiger partial charge >= 0.3 is 0 Å². The second-order valence-corrected chi connectivity index (χ2v) is 13.4. The summed E-state index contributed by atoms with van der Waals surface area (Å²) in [5.41, 5.74) is 1.81. The molecule has 9 heteroatoms. The van der Waals surface area contributed by atoms with Crippen LogP contribution >= 0.6 is 8.53 Å². The first kappa shape index (κ1) is 36.4. The lowest BCUT2D eigenvalue weighted by atomic mass is 9.80. The fraction of sp³-hybridized carbons (Fsp3) is 0.447. The van der Waals surface area contributed by atoms with Gasteiger partial charge in [0, 0.05) is 24.9 Å². The van der Waals surface area contributed by atoms with Crippen molar-refractivity contribution in [2.45, 2.75) is 83.0 Å². The first-order valence-corrected chi connectivity index (χ1v) is 17.2. The van der Waals surface area contributed by atoms with E-state index in [9.17, 15) is 5.26 Å². The lowest BCUT2D eigenvalue weighted by Crippen LogP contribution is -2.39. The predicted molar refractivity (Wildman–Crippen MR) is 185 cm³/mol. The Kier molecular flexibility index (Phi) is 13.6. The minimum atomic E-state index is -1.49. The molecule has 1 aliphatic heterocycles. The lowest BCUT2D eigenvalue weighted by Gasteiger charge is -2.39. The van der Waals surface area contributed by atoms with Gasteiger partial charge in [0.05, 0.1) is 52.1 Å². The second-order valence-electron chi connectivity index (χ2n) is 11.9. The number of hydrogen-bond donors (Lipinski definition) is 0. The molecule has 0 N–H and O–H groups in total. The maximum absolute atomic E-state index is 9.20. The Balaban J connectivity index is 1.75. The zero-order valence-electron chi connectivity index (χ0n) is 28.3. The summed E-state index contributed by atoms with van der Waals surface area (Å²) >= 11 is 0. The number of nitriles is 1. The first-order chi connectivity index (χ1) is 22.8. The number of rotatable bonds is 17. The number of benzene rings is 3. The van der Waals surface area contributed by atoms with Gasteiger partial charge in [0.2, 0.25) is 0 Å². The molecular weight excluding hydrogens is 611 g/mol. The fourth-order valence-corrected chi connectivity index (χ4v) is 7.77.